The van der Waals surface area contributed by atoms with E-state index in [1.54, 1.807) is 18.5 Å². The second-order valence-electron chi connectivity index (χ2n) is 3.65. The molecule has 1 aromatic heterocycles. The lowest BCUT2D eigenvalue weighted by atomic mass is 10.2. The van der Waals surface area contributed by atoms with Gasteiger partial charge in [0.25, 0.3) is 5.69 Å². The zero-order chi connectivity index (χ0) is 11.0. The molecular weight excluding hydrogens is 194 g/mol. The molecule has 0 aliphatic rings. The van der Waals surface area contributed by atoms with E-state index in [4.69, 9.17) is 0 Å². The van der Waals surface area contributed by atoms with Crippen molar-refractivity contribution in [2.24, 2.45) is 0 Å². The topological polar surface area (TPSA) is 61.0 Å². The van der Waals surface area contributed by atoms with E-state index in [0.717, 1.165) is 0 Å². The molecule has 0 bridgehead atoms. The number of imidazole rings is 1. The van der Waals surface area contributed by atoms with Crippen LogP contribution in [0.2, 0.25) is 0 Å². The first-order valence-electron chi connectivity index (χ1n) is 4.71. The number of aromatic nitrogens is 2. The van der Waals surface area contributed by atoms with Gasteiger partial charge in [-0.25, -0.2) is 4.98 Å². The molecule has 0 saturated carbocycles. The van der Waals surface area contributed by atoms with Gasteiger partial charge in [-0.05, 0) is 19.9 Å². The Morgan fingerprint density at radius 2 is 2.20 bits per heavy atom. The third kappa shape index (κ3) is 1.45. The Morgan fingerprint density at radius 1 is 1.47 bits per heavy atom. The molecule has 0 radical (unpaired) electrons. The Balaban J connectivity index is 2.80. The molecule has 0 spiro atoms. The molecule has 0 atom stereocenters. The quantitative estimate of drug-likeness (QED) is 0.559. The Hall–Kier alpha value is -1.91. The number of hydrogen-bond acceptors (Lipinski definition) is 3. The summed E-state index contributed by atoms with van der Waals surface area (Å²) in [6.07, 6.45) is 1.64. The van der Waals surface area contributed by atoms with Gasteiger partial charge in [0.15, 0.2) is 0 Å². The molecule has 0 saturated heterocycles. The highest BCUT2D eigenvalue weighted by atomic mass is 16.6. The van der Waals surface area contributed by atoms with E-state index in [1.807, 2.05) is 18.4 Å². The van der Waals surface area contributed by atoms with Crippen molar-refractivity contribution in [3.05, 3.63) is 34.6 Å². The van der Waals surface area contributed by atoms with Crippen LogP contribution in [0.4, 0.5) is 5.69 Å². The van der Waals surface area contributed by atoms with Crippen LogP contribution in [0.5, 0.6) is 0 Å². The van der Waals surface area contributed by atoms with Gasteiger partial charge in [0, 0.05) is 12.1 Å². The van der Waals surface area contributed by atoms with Gasteiger partial charge in [0.2, 0.25) is 0 Å². The Kier molecular flexibility index (Phi) is 2.15. The lowest BCUT2D eigenvalue weighted by Crippen LogP contribution is -2.00. The van der Waals surface area contributed by atoms with Crippen LogP contribution in [-0.2, 0) is 0 Å². The maximum Gasteiger partial charge on any atom is 0.295 e. The Bertz CT molecular complexity index is 516. The second kappa shape index (κ2) is 3.34. The van der Waals surface area contributed by atoms with Crippen LogP contribution >= 0.6 is 0 Å². The number of hydrogen-bond donors (Lipinski definition) is 0. The van der Waals surface area contributed by atoms with Gasteiger partial charge < -0.3 is 4.57 Å². The summed E-state index contributed by atoms with van der Waals surface area (Å²) < 4.78 is 1.81. The van der Waals surface area contributed by atoms with Crippen molar-refractivity contribution < 1.29 is 4.92 Å². The Labute approximate surface area is 86.5 Å². The van der Waals surface area contributed by atoms with Gasteiger partial charge in [0.1, 0.15) is 5.52 Å². The average Bonchev–Trinajstić information content (AvgIpc) is 2.60. The molecule has 0 aliphatic heterocycles. The maximum absolute atomic E-state index is 10.9. The number of nitrogens with zero attached hydrogens (tertiary/aromatic N) is 3. The van der Waals surface area contributed by atoms with Crippen molar-refractivity contribution in [2.45, 2.75) is 19.9 Å². The summed E-state index contributed by atoms with van der Waals surface area (Å²) in [5.41, 5.74) is 1.37. The molecular formula is C10H11N3O2. The average molecular weight is 205 g/mol. The van der Waals surface area contributed by atoms with E-state index in [9.17, 15) is 10.1 Å². The predicted molar refractivity (Wildman–Crippen MR) is 56.8 cm³/mol. The van der Waals surface area contributed by atoms with E-state index >= 15 is 0 Å². The highest BCUT2D eigenvalue weighted by Gasteiger charge is 2.17. The largest absolute Gasteiger partial charge is 0.322 e. The van der Waals surface area contributed by atoms with Crippen molar-refractivity contribution in [3.63, 3.8) is 0 Å². The normalized spacial score (nSPS) is 11.1. The smallest absolute Gasteiger partial charge is 0.295 e. The maximum atomic E-state index is 10.9. The zero-order valence-corrected chi connectivity index (χ0v) is 8.54. The standard InChI is InChI=1S/C10H11N3O2/c1-7(2)12-6-11-8-4-3-5-9(10(8)12)13(14)15/h3-7H,1-2H3. The molecule has 0 fully saturated rings. The summed E-state index contributed by atoms with van der Waals surface area (Å²) in [4.78, 5) is 14.6. The lowest BCUT2D eigenvalue weighted by Gasteiger charge is -2.07. The molecule has 2 aromatic rings. The number of non-ortho nitro benzene ring substituents is 1. The minimum Gasteiger partial charge on any atom is -0.322 e. The van der Waals surface area contributed by atoms with Crippen molar-refractivity contribution in [2.75, 3.05) is 0 Å². The third-order valence-corrected chi connectivity index (χ3v) is 2.33. The summed E-state index contributed by atoms with van der Waals surface area (Å²) in [6, 6.07) is 5.10. The second-order valence-corrected chi connectivity index (χ2v) is 3.65. The number of rotatable bonds is 2. The van der Waals surface area contributed by atoms with Crippen LogP contribution in [0, 0.1) is 10.1 Å². The van der Waals surface area contributed by atoms with Gasteiger partial charge >= 0.3 is 0 Å². The van der Waals surface area contributed by atoms with Gasteiger partial charge in [0.05, 0.1) is 16.8 Å². The van der Waals surface area contributed by atoms with E-state index in [2.05, 4.69) is 4.98 Å². The SMILES string of the molecule is CC(C)n1cnc2cccc([N+](=O)[O-])c21. The lowest BCUT2D eigenvalue weighted by molar-refractivity contribution is -0.383. The van der Waals surface area contributed by atoms with Crippen LogP contribution < -0.4 is 0 Å². The molecule has 15 heavy (non-hydrogen) atoms. The van der Waals surface area contributed by atoms with Crippen LogP contribution in [0.25, 0.3) is 11.0 Å². The summed E-state index contributed by atoms with van der Waals surface area (Å²) in [5, 5.41) is 10.9. The van der Waals surface area contributed by atoms with Gasteiger partial charge in [-0.15, -0.1) is 0 Å². The first kappa shape index (κ1) is 9.64. The van der Waals surface area contributed by atoms with Crippen molar-refractivity contribution in [1.29, 1.82) is 0 Å². The minimum absolute atomic E-state index is 0.110. The predicted octanol–water partition coefficient (Wildman–Crippen LogP) is 2.53. The monoisotopic (exact) mass is 205 g/mol. The molecule has 0 unspecified atom stereocenters. The summed E-state index contributed by atoms with van der Waals surface area (Å²) in [6.45, 7) is 3.94. The molecule has 0 N–H and O–H groups in total. The van der Waals surface area contributed by atoms with Crippen molar-refractivity contribution >= 4 is 16.7 Å². The summed E-state index contributed by atoms with van der Waals surface area (Å²) >= 11 is 0. The third-order valence-electron chi connectivity index (χ3n) is 2.33. The van der Waals surface area contributed by atoms with Crippen LogP contribution in [0.15, 0.2) is 24.5 Å². The van der Waals surface area contributed by atoms with Gasteiger partial charge in [-0.1, -0.05) is 6.07 Å². The van der Waals surface area contributed by atoms with Crippen molar-refractivity contribution in [3.8, 4) is 0 Å². The molecule has 78 valence electrons. The molecule has 0 amide bonds. The fraction of sp³-hybridized carbons (Fsp3) is 0.300. The number of nitro benzene ring substituents is 1. The van der Waals surface area contributed by atoms with Crippen molar-refractivity contribution in [1.82, 2.24) is 9.55 Å². The summed E-state index contributed by atoms with van der Waals surface area (Å²) in [7, 11) is 0. The van der Waals surface area contributed by atoms with E-state index in [1.165, 1.54) is 6.07 Å². The fourth-order valence-electron chi connectivity index (χ4n) is 1.61. The van der Waals surface area contributed by atoms with Gasteiger partial charge in [-0.2, -0.15) is 0 Å². The molecule has 1 heterocycles. The zero-order valence-electron chi connectivity index (χ0n) is 8.54. The number of fused-ring (bicyclic) bond motifs is 1. The van der Waals surface area contributed by atoms with E-state index < -0.39 is 0 Å². The highest BCUT2D eigenvalue weighted by molar-refractivity contribution is 5.84. The van der Waals surface area contributed by atoms with Crippen LogP contribution in [-0.4, -0.2) is 14.5 Å². The molecule has 0 aliphatic carbocycles. The van der Waals surface area contributed by atoms with E-state index in [0.29, 0.717) is 11.0 Å². The number of nitro groups is 1. The highest BCUT2D eigenvalue weighted by Crippen LogP contribution is 2.26. The van der Waals surface area contributed by atoms with Crippen LogP contribution in [0.1, 0.15) is 19.9 Å². The number of benzene rings is 1. The first-order valence-corrected chi connectivity index (χ1v) is 4.71. The van der Waals surface area contributed by atoms with Gasteiger partial charge in [-0.3, -0.25) is 10.1 Å². The van der Waals surface area contributed by atoms with Crippen LogP contribution in [0.3, 0.4) is 0 Å². The molecule has 2 rings (SSSR count). The van der Waals surface area contributed by atoms with E-state index in [-0.39, 0.29) is 16.7 Å². The fourth-order valence-corrected chi connectivity index (χ4v) is 1.61. The number of para-hydroxylation sites is 1. The Morgan fingerprint density at radius 3 is 2.80 bits per heavy atom. The molecule has 5 nitrogen and oxygen atoms in total. The molecule has 5 heteroatoms. The summed E-state index contributed by atoms with van der Waals surface area (Å²) in [5.74, 6) is 0. The molecule has 1 aromatic carbocycles. The minimum atomic E-state index is -0.372. The first-order chi connectivity index (χ1) is 7.11.